The molecular formula is C17H22N2O2. The van der Waals surface area contributed by atoms with Gasteiger partial charge in [-0.2, -0.15) is 0 Å². The summed E-state index contributed by atoms with van der Waals surface area (Å²) in [7, 11) is 1.68. The Balaban J connectivity index is 1.62. The van der Waals surface area contributed by atoms with Crippen molar-refractivity contribution >= 4 is 5.91 Å². The average molecular weight is 286 g/mol. The lowest BCUT2D eigenvalue weighted by Gasteiger charge is -2.33. The van der Waals surface area contributed by atoms with E-state index in [9.17, 15) is 4.79 Å². The number of hydrogen-bond donors (Lipinski definition) is 1. The Morgan fingerprint density at radius 1 is 1.38 bits per heavy atom. The molecule has 1 spiro atoms. The maximum atomic E-state index is 12.7. The zero-order chi connectivity index (χ0) is 14.4. The molecule has 1 amide bonds. The summed E-state index contributed by atoms with van der Waals surface area (Å²) in [6.45, 7) is 0.898. The van der Waals surface area contributed by atoms with Gasteiger partial charge in [-0.05, 0) is 49.3 Å². The lowest BCUT2D eigenvalue weighted by atomic mass is 9.85. The average Bonchev–Trinajstić information content (AvgIpc) is 3.19. The van der Waals surface area contributed by atoms with Crippen LogP contribution >= 0.6 is 0 Å². The Bertz CT molecular complexity index is 564. The van der Waals surface area contributed by atoms with Crippen LogP contribution in [0.15, 0.2) is 24.3 Å². The van der Waals surface area contributed by atoms with Crippen LogP contribution in [0.5, 0.6) is 5.75 Å². The number of carbonyl (C=O) groups excluding carboxylic acids is 1. The van der Waals surface area contributed by atoms with E-state index in [1.54, 1.807) is 7.11 Å². The summed E-state index contributed by atoms with van der Waals surface area (Å²) in [5.74, 6) is 1.85. The second kappa shape index (κ2) is 4.73. The van der Waals surface area contributed by atoms with Crippen LogP contribution in [0.1, 0.15) is 43.8 Å². The third-order valence-electron chi connectivity index (χ3n) is 5.23. The summed E-state index contributed by atoms with van der Waals surface area (Å²) in [4.78, 5) is 14.8. The minimum atomic E-state index is -0.252. The molecule has 4 nitrogen and oxygen atoms in total. The Hall–Kier alpha value is -1.55. The fourth-order valence-corrected chi connectivity index (χ4v) is 3.49. The highest BCUT2D eigenvalue weighted by molar-refractivity contribution is 5.92. The molecule has 3 aliphatic rings. The number of carbonyl (C=O) groups is 1. The summed E-state index contributed by atoms with van der Waals surface area (Å²) < 4.78 is 5.33. The first-order chi connectivity index (χ1) is 10.2. The molecule has 1 N–H and O–H groups in total. The van der Waals surface area contributed by atoms with Crippen molar-refractivity contribution in [3.05, 3.63) is 29.8 Å². The molecule has 0 bridgehead atoms. The molecule has 4 rings (SSSR count). The van der Waals surface area contributed by atoms with E-state index in [0.717, 1.165) is 30.7 Å². The molecule has 21 heavy (non-hydrogen) atoms. The minimum absolute atomic E-state index is 0.00991. The van der Waals surface area contributed by atoms with Crippen molar-refractivity contribution in [2.45, 2.75) is 43.8 Å². The molecule has 1 atom stereocenters. The van der Waals surface area contributed by atoms with Crippen molar-refractivity contribution in [1.82, 2.24) is 10.2 Å². The summed E-state index contributed by atoms with van der Waals surface area (Å²) >= 11 is 0. The summed E-state index contributed by atoms with van der Waals surface area (Å²) in [6, 6.07) is 8.08. The van der Waals surface area contributed by atoms with Crippen LogP contribution in [-0.4, -0.2) is 30.0 Å². The van der Waals surface area contributed by atoms with Crippen LogP contribution in [-0.2, 0) is 4.79 Å². The van der Waals surface area contributed by atoms with Gasteiger partial charge in [0.1, 0.15) is 17.5 Å². The van der Waals surface area contributed by atoms with Crippen molar-refractivity contribution in [3.63, 3.8) is 0 Å². The normalized spacial score (nSPS) is 27.0. The molecule has 0 aromatic heterocycles. The Labute approximate surface area is 125 Å². The van der Waals surface area contributed by atoms with Crippen LogP contribution in [0.2, 0.25) is 0 Å². The molecule has 1 aromatic carbocycles. The van der Waals surface area contributed by atoms with Gasteiger partial charge in [0.2, 0.25) is 5.91 Å². The van der Waals surface area contributed by atoms with E-state index in [1.807, 2.05) is 18.2 Å². The van der Waals surface area contributed by atoms with Gasteiger partial charge in [0, 0.05) is 6.54 Å². The van der Waals surface area contributed by atoms with Gasteiger partial charge in [-0.3, -0.25) is 10.1 Å². The molecule has 1 saturated heterocycles. The topological polar surface area (TPSA) is 41.6 Å². The molecule has 4 heteroatoms. The number of nitrogens with zero attached hydrogens (tertiary/aromatic N) is 1. The predicted molar refractivity (Wildman–Crippen MR) is 79.9 cm³/mol. The molecule has 1 aliphatic heterocycles. The third-order valence-corrected chi connectivity index (χ3v) is 5.23. The quantitative estimate of drug-likeness (QED) is 0.924. The molecule has 1 heterocycles. The van der Waals surface area contributed by atoms with E-state index in [0.29, 0.717) is 11.8 Å². The van der Waals surface area contributed by atoms with Gasteiger partial charge in [-0.25, -0.2) is 0 Å². The molecule has 3 fully saturated rings. The smallest absolute Gasteiger partial charge is 0.244 e. The fraction of sp³-hybridized carbons (Fsp3) is 0.588. The first kappa shape index (κ1) is 13.1. The van der Waals surface area contributed by atoms with Gasteiger partial charge in [0.05, 0.1) is 7.11 Å². The SMILES string of the molecule is COc1cccc(C2NC3(CC3)C(=O)N2CC2CCC2)c1. The number of rotatable bonds is 4. The maximum absolute atomic E-state index is 12.7. The molecule has 2 saturated carbocycles. The van der Waals surface area contributed by atoms with Gasteiger partial charge >= 0.3 is 0 Å². The fourth-order valence-electron chi connectivity index (χ4n) is 3.49. The highest BCUT2D eigenvalue weighted by Crippen LogP contribution is 2.47. The number of methoxy groups -OCH3 is 1. The van der Waals surface area contributed by atoms with Crippen LogP contribution in [0.25, 0.3) is 0 Å². The minimum Gasteiger partial charge on any atom is -0.497 e. The standard InChI is InChI=1S/C17H22N2O2/c1-21-14-7-3-6-13(10-14)15-18-17(8-9-17)16(20)19(15)11-12-4-2-5-12/h3,6-7,10,12,15,18H,2,4-5,8-9,11H2,1H3. The zero-order valence-electron chi connectivity index (χ0n) is 12.5. The number of amides is 1. The summed E-state index contributed by atoms with van der Waals surface area (Å²) in [6.07, 6.45) is 5.81. The van der Waals surface area contributed by atoms with Crippen LogP contribution in [0.4, 0.5) is 0 Å². The first-order valence-electron chi connectivity index (χ1n) is 7.95. The Morgan fingerprint density at radius 3 is 2.81 bits per heavy atom. The first-order valence-corrected chi connectivity index (χ1v) is 7.95. The molecular weight excluding hydrogens is 264 g/mol. The number of hydrogen-bond acceptors (Lipinski definition) is 3. The molecule has 1 unspecified atom stereocenters. The van der Waals surface area contributed by atoms with Crippen LogP contribution in [0, 0.1) is 5.92 Å². The van der Waals surface area contributed by atoms with Gasteiger partial charge in [-0.1, -0.05) is 18.6 Å². The second-order valence-corrected chi connectivity index (χ2v) is 6.66. The van der Waals surface area contributed by atoms with Crippen molar-refractivity contribution in [1.29, 1.82) is 0 Å². The Kier molecular flexibility index (Phi) is 2.96. The highest BCUT2D eigenvalue weighted by Gasteiger charge is 2.59. The number of ether oxygens (including phenoxy) is 1. The van der Waals surface area contributed by atoms with Crippen LogP contribution < -0.4 is 10.1 Å². The number of benzene rings is 1. The zero-order valence-corrected chi connectivity index (χ0v) is 12.5. The van der Waals surface area contributed by atoms with E-state index < -0.39 is 0 Å². The van der Waals surface area contributed by atoms with Gasteiger partial charge in [0.25, 0.3) is 0 Å². The molecule has 1 aromatic rings. The molecule has 2 aliphatic carbocycles. The number of nitrogens with one attached hydrogen (secondary N) is 1. The van der Waals surface area contributed by atoms with Gasteiger partial charge in [0.15, 0.2) is 0 Å². The van der Waals surface area contributed by atoms with Crippen molar-refractivity contribution < 1.29 is 9.53 Å². The summed E-state index contributed by atoms with van der Waals surface area (Å²) in [5, 5.41) is 3.58. The summed E-state index contributed by atoms with van der Waals surface area (Å²) in [5.41, 5.74) is 0.878. The van der Waals surface area contributed by atoms with Crippen molar-refractivity contribution in [2.24, 2.45) is 5.92 Å². The predicted octanol–water partition coefficient (Wildman–Crippen LogP) is 2.46. The molecule has 112 valence electrons. The van der Waals surface area contributed by atoms with Gasteiger partial charge < -0.3 is 9.64 Å². The van der Waals surface area contributed by atoms with Crippen LogP contribution in [0.3, 0.4) is 0 Å². The molecule has 0 radical (unpaired) electrons. The van der Waals surface area contributed by atoms with Gasteiger partial charge in [-0.15, -0.1) is 0 Å². The third kappa shape index (κ3) is 2.13. The maximum Gasteiger partial charge on any atom is 0.244 e. The van der Waals surface area contributed by atoms with E-state index in [4.69, 9.17) is 4.74 Å². The lowest BCUT2D eigenvalue weighted by Crippen LogP contribution is -2.37. The van der Waals surface area contributed by atoms with E-state index >= 15 is 0 Å². The monoisotopic (exact) mass is 286 g/mol. The highest BCUT2D eigenvalue weighted by atomic mass is 16.5. The lowest BCUT2D eigenvalue weighted by molar-refractivity contribution is -0.131. The van der Waals surface area contributed by atoms with E-state index in [1.165, 1.54) is 19.3 Å². The Morgan fingerprint density at radius 2 is 2.19 bits per heavy atom. The van der Waals surface area contributed by atoms with Crippen molar-refractivity contribution in [3.8, 4) is 5.75 Å². The van der Waals surface area contributed by atoms with E-state index in [2.05, 4.69) is 16.3 Å². The van der Waals surface area contributed by atoms with E-state index in [-0.39, 0.29) is 11.7 Å². The van der Waals surface area contributed by atoms with Crippen molar-refractivity contribution in [2.75, 3.05) is 13.7 Å². The largest absolute Gasteiger partial charge is 0.497 e. The second-order valence-electron chi connectivity index (χ2n) is 6.66.